The van der Waals surface area contributed by atoms with Gasteiger partial charge >= 0.3 is 0 Å². The molecule has 9 nitrogen and oxygen atoms in total. The Kier molecular flexibility index (Phi) is 5.06. The molecule has 0 aliphatic carbocycles. The number of nitro benzene ring substituents is 1. The SMILES string of the molecule is NC(=O)C1=C(N)Oc2c(c(-c3ccccc3)nn2-c2ccccc2)[C@@H]1c1ccc([N+](=O)[O-])cc1. The number of carbonyl (C=O) groups excluding carboxylic acids is 1. The van der Waals surface area contributed by atoms with Crippen LogP contribution in [-0.2, 0) is 4.79 Å². The number of nitro groups is 1. The molecule has 5 rings (SSSR count). The van der Waals surface area contributed by atoms with Gasteiger partial charge in [0.25, 0.3) is 11.6 Å². The Hall–Kier alpha value is -4.92. The Morgan fingerprint density at radius 2 is 1.59 bits per heavy atom. The van der Waals surface area contributed by atoms with Crippen LogP contribution in [0.2, 0.25) is 0 Å². The maximum absolute atomic E-state index is 12.5. The van der Waals surface area contributed by atoms with Gasteiger partial charge in [0.05, 0.1) is 27.7 Å². The largest absolute Gasteiger partial charge is 0.422 e. The van der Waals surface area contributed by atoms with Crippen LogP contribution in [0.3, 0.4) is 0 Å². The van der Waals surface area contributed by atoms with Crippen molar-refractivity contribution in [3.63, 3.8) is 0 Å². The van der Waals surface area contributed by atoms with Crippen LogP contribution >= 0.6 is 0 Å². The average Bonchev–Trinajstić information content (AvgIpc) is 3.23. The summed E-state index contributed by atoms with van der Waals surface area (Å²) < 4.78 is 7.58. The van der Waals surface area contributed by atoms with E-state index in [1.807, 2.05) is 60.7 Å². The molecule has 1 atom stereocenters. The van der Waals surface area contributed by atoms with E-state index in [1.165, 1.54) is 12.1 Å². The number of para-hydroxylation sites is 1. The zero-order valence-corrected chi connectivity index (χ0v) is 17.8. The fraction of sp³-hybridized carbons (Fsp3) is 0.0400. The molecule has 4 aromatic rings. The molecule has 3 aromatic carbocycles. The third-order valence-corrected chi connectivity index (χ3v) is 5.68. The minimum atomic E-state index is -0.752. The first-order valence-electron chi connectivity index (χ1n) is 10.4. The van der Waals surface area contributed by atoms with E-state index in [-0.39, 0.29) is 17.1 Å². The summed E-state index contributed by atoms with van der Waals surface area (Å²) in [5.41, 5.74) is 15.2. The second kappa shape index (κ2) is 8.21. The van der Waals surface area contributed by atoms with Crippen molar-refractivity contribution in [3.8, 4) is 22.8 Å². The van der Waals surface area contributed by atoms with Crippen LogP contribution in [0.5, 0.6) is 5.88 Å². The summed E-state index contributed by atoms with van der Waals surface area (Å²) in [4.78, 5) is 23.2. The molecule has 1 amide bonds. The molecule has 1 aliphatic heterocycles. The van der Waals surface area contributed by atoms with Crippen molar-refractivity contribution in [1.29, 1.82) is 0 Å². The summed E-state index contributed by atoms with van der Waals surface area (Å²) in [6, 6.07) is 24.8. The lowest BCUT2D eigenvalue weighted by Gasteiger charge is -2.27. The van der Waals surface area contributed by atoms with Crippen molar-refractivity contribution < 1.29 is 14.5 Å². The van der Waals surface area contributed by atoms with Crippen LogP contribution < -0.4 is 16.2 Å². The average molecular weight is 453 g/mol. The summed E-state index contributed by atoms with van der Waals surface area (Å²) in [6.45, 7) is 0. The third kappa shape index (κ3) is 3.45. The van der Waals surface area contributed by atoms with Gasteiger partial charge in [0, 0.05) is 17.7 Å². The van der Waals surface area contributed by atoms with Crippen LogP contribution in [0.1, 0.15) is 17.0 Å². The van der Waals surface area contributed by atoms with Crippen LogP contribution in [0, 0.1) is 10.1 Å². The molecule has 0 fully saturated rings. The molecule has 0 saturated carbocycles. The number of hydrogen-bond acceptors (Lipinski definition) is 6. The Labute approximate surface area is 194 Å². The van der Waals surface area contributed by atoms with Gasteiger partial charge in [0.2, 0.25) is 11.8 Å². The Bertz CT molecular complexity index is 1430. The number of nitrogens with zero attached hydrogens (tertiary/aromatic N) is 3. The van der Waals surface area contributed by atoms with E-state index in [0.717, 1.165) is 11.3 Å². The van der Waals surface area contributed by atoms with Gasteiger partial charge in [-0.3, -0.25) is 14.9 Å². The van der Waals surface area contributed by atoms with E-state index in [4.69, 9.17) is 21.3 Å². The zero-order valence-electron chi connectivity index (χ0n) is 17.8. The Morgan fingerprint density at radius 1 is 0.971 bits per heavy atom. The molecule has 0 unspecified atom stereocenters. The van der Waals surface area contributed by atoms with E-state index in [0.29, 0.717) is 22.7 Å². The maximum Gasteiger partial charge on any atom is 0.269 e. The summed E-state index contributed by atoms with van der Waals surface area (Å²) in [6.07, 6.45) is 0. The summed E-state index contributed by atoms with van der Waals surface area (Å²) in [7, 11) is 0. The molecule has 2 heterocycles. The van der Waals surface area contributed by atoms with Gasteiger partial charge in [-0.05, 0) is 17.7 Å². The molecule has 0 radical (unpaired) electrons. The molecule has 0 saturated heterocycles. The van der Waals surface area contributed by atoms with Crippen molar-refractivity contribution >= 4 is 11.6 Å². The quantitative estimate of drug-likeness (QED) is 0.349. The highest BCUT2D eigenvalue weighted by Crippen LogP contribution is 2.47. The van der Waals surface area contributed by atoms with Gasteiger partial charge in [0.1, 0.15) is 5.69 Å². The lowest BCUT2D eigenvalue weighted by Crippen LogP contribution is -2.30. The van der Waals surface area contributed by atoms with E-state index >= 15 is 0 Å². The van der Waals surface area contributed by atoms with Gasteiger partial charge in [-0.2, -0.15) is 9.78 Å². The number of aromatic nitrogens is 2. The molecular weight excluding hydrogens is 434 g/mol. The second-order valence-corrected chi connectivity index (χ2v) is 7.71. The molecule has 168 valence electrons. The minimum Gasteiger partial charge on any atom is -0.422 e. The highest BCUT2D eigenvalue weighted by atomic mass is 16.6. The number of nitrogens with two attached hydrogens (primary N) is 2. The van der Waals surface area contributed by atoms with E-state index in [2.05, 4.69) is 0 Å². The number of rotatable bonds is 5. The molecule has 0 bridgehead atoms. The topological polar surface area (TPSA) is 139 Å². The van der Waals surface area contributed by atoms with Crippen LogP contribution in [0.4, 0.5) is 5.69 Å². The predicted octanol–water partition coefficient (Wildman–Crippen LogP) is 3.63. The first-order valence-corrected chi connectivity index (χ1v) is 10.4. The Morgan fingerprint density at radius 3 is 2.18 bits per heavy atom. The fourth-order valence-electron chi connectivity index (χ4n) is 4.16. The van der Waals surface area contributed by atoms with Gasteiger partial charge < -0.3 is 16.2 Å². The first-order chi connectivity index (χ1) is 16.5. The highest BCUT2D eigenvalue weighted by Gasteiger charge is 2.39. The van der Waals surface area contributed by atoms with Crippen molar-refractivity contribution in [3.05, 3.63) is 118 Å². The number of carbonyl (C=O) groups is 1. The molecule has 0 spiro atoms. The molecule has 9 heteroatoms. The number of hydrogen-bond donors (Lipinski definition) is 2. The lowest BCUT2D eigenvalue weighted by atomic mass is 9.82. The highest BCUT2D eigenvalue weighted by molar-refractivity contribution is 5.96. The van der Waals surface area contributed by atoms with Crippen LogP contribution in [0.25, 0.3) is 16.9 Å². The molecule has 4 N–H and O–H groups in total. The number of primary amides is 1. The zero-order chi connectivity index (χ0) is 23.8. The number of non-ortho nitro benzene ring substituents is 1. The van der Waals surface area contributed by atoms with Crippen molar-refractivity contribution in [2.45, 2.75) is 5.92 Å². The summed E-state index contributed by atoms with van der Waals surface area (Å²) in [5.74, 6) is -1.29. The molecule has 1 aliphatic rings. The summed E-state index contributed by atoms with van der Waals surface area (Å²) >= 11 is 0. The first kappa shape index (κ1) is 21.0. The van der Waals surface area contributed by atoms with Crippen molar-refractivity contribution in [2.24, 2.45) is 11.5 Å². The monoisotopic (exact) mass is 453 g/mol. The third-order valence-electron chi connectivity index (χ3n) is 5.68. The second-order valence-electron chi connectivity index (χ2n) is 7.71. The molecule has 1 aromatic heterocycles. The van der Waals surface area contributed by atoms with Crippen molar-refractivity contribution in [2.75, 3.05) is 0 Å². The molecule has 34 heavy (non-hydrogen) atoms. The standard InChI is InChI=1S/C25H19N5O4/c26-23(31)21-19(15-11-13-18(14-12-15)30(32)33)20-22(16-7-3-1-4-8-16)28-29(25(20)34-24(21)27)17-9-5-2-6-10-17/h1-14,19H,27H2,(H2,26,31)/t19-/m0/s1. The maximum atomic E-state index is 12.5. The number of fused-ring (bicyclic) bond motifs is 1. The van der Waals surface area contributed by atoms with E-state index in [9.17, 15) is 14.9 Å². The van der Waals surface area contributed by atoms with Crippen molar-refractivity contribution in [1.82, 2.24) is 9.78 Å². The lowest BCUT2D eigenvalue weighted by molar-refractivity contribution is -0.384. The number of ether oxygens (including phenoxy) is 1. The van der Waals surface area contributed by atoms with E-state index in [1.54, 1.807) is 16.8 Å². The Balaban J connectivity index is 1.81. The van der Waals surface area contributed by atoms with Gasteiger partial charge in [-0.1, -0.05) is 60.7 Å². The number of amides is 1. The van der Waals surface area contributed by atoms with Crippen LogP contribution in [-0.4, -0.2) is 20.6 Å². The minimum absolute atomic E-state index is 0.0612. The fourth-order valence-corrected chi connectivity index (χ4v) is 4.16. The summed E-state index contributed by atoms with van der Waals surface area (Å²) in [5, 5.41) is 16.0. The van der Waals surface area contributed by atoms with E-state index < -0.39 is 16.7 Å². The number of benzene rings is 3. The van der Waals surface area contributed by atoms with Crippen LogP contribution in [0.15, 0.2) is 96.4 Å². The van der Waals surface area contributed by atoms with Gasteiger partial charge in [-0.25, -0.2) is 0 Å². The smallest absolute Gasteiger partial charge is 0.269 e. The normalized spacial score (nSPS) is 14.9. The van der Waals surface area contributed by atoms with Gasteiger partial charge in [0.15, 0.2) is 0 Å². The van der Waals surface area contributed by atoms with Gasteiger partial charge in [-0.15, -0.1) is 0 Å². The predicted molar refractivity (Wildman–Crippen MR) is 125 cm³/mol. The molecular formula is C25H19N5O4.